The lowest BCUT2D eigenvalue weighted by atomic mass is 10.4. The molecule has 4 N–H and O–H groups in total. The molecule has 0 saturated carbocycles. The summed E-state index contributed by atoms with van der Waals surface area (Å²) in [6.45, 7) is 0.330. The molecule has 0 spiro atoms. The first kappa shape index (κ1) is 7.67. The average molecular weight is 155 g/mol. The average Bonchev–Trinajstić information content (AvgIpc) is 2.40. The summed E-state index contributed by atoms with van der Waals surface area (Å²) in [7, 11) is 0. The fourth-order valence-corrected chi connectivity index (χ4v) is 0.587. The summed E-state index contributed by atoms with van der Waals surface area (Å²) in [6.07, 6.45) is 1.67. The summed E-state index contributed by atoms with van der Waals surface area (Å²) in [5.74, 6) is 0.107. The summed E-state index contributed by atoms with van der Waals surface area (Å²) < 4.78 is 0. The normalized spacial score (nSPS) is 9.55. The Balaban J connectivity index is 2.37. The van der Waals surface area contributed by atoms with E-state index in [4.69, 9.17) is 5.73 Å². The molecule has 0 bridgehead atoms. The number of nitrogens with zero attached hydrogens (tertiary/aromatic N) is 2. The lowest BCUT2D eigenvalue weighted by molar-refractivity contribution is -0.116. The molecule has 6 heteroatoms. The van der Waals surface area contributed by atoms with Gasteiger partial charge in [-0.2, -0.15) is 0 Å². The molecule has 0 aliphatic carbocycles. The molecule has 0 atom stereocenters. The van der Waals surface area contributed by atoms with Gasteiger partial charge in [0.15, 0.2) is 0 Å². The van der Waals surface area contributed by atoms with Gasteiger partial charge in [-0.25, -0.2) is 4.98 Å². The Morgan fingerprint density at radius 1 is 1.82 bits per heavy atom. The molecule has 1 rings (SSSR count). The zero-order valence-electron chi connectivity index (χ0n) is 5.87. The molecule has 1 aromatic rings. The van der Waals surface area contributed by atoms with E-state index in [0.717, 1.165) is 0 Å². The minimum Gasteiger partial charge on any atom is -0.330 e. The molecule has 0 radical (unpaired) electrons. The Labute approximate surface area is 63.2 Å². The molecule has 0 fully saturated rings. The summed E-state index contributed by atoms with van der Waals surface area (Å²) in [6, 6.07) is 0. The Bertz CT molecular complexity index is 219. The smallest absolute Gasteiger partial charge is 0.248 e. The van der Waals surface area contributed by atoms with Crippen molar-refractivity contribution in [1.82, 2.24) is 15.2 Å². The molecule has 6 nitrogen and oxygen atoms in total. The van der Waals surface area contributed by atoms with Crippen LogP contribution in [-0.4, -0.2) is 27.6 Å². The van der Waals surface area contributed by atoms with Gasteiger partial charge in [0, 0.05) is 13.0 Å². The van der Waals surface area contributed by atoms with Crippen molar-refractivity contribution < 1.29 is 4.79 Å². The van der Waals surface area contributed by atoms with Crippen LogP contribution in [0.1, 0.15) is 6.42 Å². The first-order valence-electron chi connectivity index (χ1n) is 3.18. The monoisotopic (exact) mass is 155 g/mol. The number of nitrogens with two attached hydrogens (primary N) is 1. The molecular weight excluding hydrogens is 146 g/mol. The largest absolute Gasteiger partial charge is 0.330 e. The van der Waals surface area contributed by atoms with Crippen LogP contribution in [-0.2, 0) is 4.79 Å². The number of aromatic nitrogens is 3. The summed E-state index contributed by atoms with van der Waals surface area (Å²) in [5, 5.41) is 8.55. The predicted molar refractivity (Wildman–Crippen MR) is 38.7 cm³/mol. The molecular formula is C5H9N5O. The highest BCUT2D eigenvalue weighted by Crippen LogP contribution is 1.92. The van der Waals surface area contributed by atoms with Gasteiger partial charge in [-0.3, -0.25) is 15.2 Å². The molecule has 11 heavy (non-hydrogen) atoms. The van der Waals surface area contributed by atoms with Crippen LogP contribution < -0.4 is 11.1 Å². The van der Waals surface area contributed by atoms with Gasteiger partial charge >= 0.3 is 0 Å². The van der Waals surface area contributed by atoms with Gasteiger partial charge in [-0.15, -0.1) is 5.10 Å². The van der Waals surface area contributed by atoms with Gasteiger partial charge in [-0.05, 0) is 0 Å². The van der Waals surface area contributed by atoms with E-state index in [1.54, 1.807) is 0 Å². The van der Waals surface area contributed by atoms with Crippen LogP contribution in [0, 0.1) is 0 Å². The van der Waals surface area contributed by atoms with Gasteiger partial charge in [0.2, 0.25) is 11.9 Å². The fourth-order valence-electron chi connectivity index (χ4n) is 0.587. The van der Waals surface area contributed by atoms with E-state index >= 15 is 0 Å². The van der Waals surface area contributed by atoms with Gasteiger partial charge in [0.25, 0.3) is 0 Å². The number of anilines is 1. The molecule has 1 amide bonds. The van der Waals surface area contributed by atoms with Crippen molar-refractivity contribution in [1.29, 1.82) is 0 Å². The Kier molecular flexibility index (Phi) is 2.56. The van der Waals surface area contributed by atoms with E-state index in [1.807, 2.05) is 0 Å². The zero-order valence-corrected chi connectivity index (χ0v) is 5.87. The lowest BCUT2D eigenvalue weighted by Gasteiger charge is -1.96. The van der Waals surface area contributed by atoms with Crippen LogP contribution in [0.5, 0.6) is 0 Å². The number of amides is 1. The van der Waals surface area contributed by atoms with Crippen molar-refractivity contribution in [2.45, 2.75) is 6.42 Å². The number of nitrogens with one attached hydrogen (secondary N) is 2. The quantitative estimate of drug-likeness (QED) is 0.526. The van der Waals surface area contributed by atoms with Crippen LogP contribution >= 0.6 is 0 Å². The number of hydrogen-bond donors (Lipinski definition) is 3. The number of rotatable bonds is 3. The number of aromatic amines is 1. The van der Waals surface area contributed by atoms with Crippen LogP contribution in [0.25, 0.3) is 0 Å². The second-order valence-corrected chi connectivity index (χ2v) is 1.91. The van der Waals surface area contributed by atoms with Crippen molar-refractivity contribution in [3.05, 3.63) is 6.33 Å². The number of carbonyl (C=O) groups excluding carboxylic acids is 1. The molecule has 0 aliphatic rings. The van der Waals surface area contributed by atoms with E-state index in [-0.39, 0.29) is 18.3 Å². The van der Waals surface area contributed by atoms with Crippen LogP contribution in [0.3, 0.4) is 0 Å². The van der Waals surface area contributed by atoms with Gasteiger partial charge in [0.05, 0.1) is 0 Å². The van der Waals surface area contributed by atoms with E-state index < -0.39 is 0 Å². The lowest BCUT2D eigenvalue weighted by Crippen LogP contribution is -2.16. The Morgan fingerprint density at radius 2 is 2.64 bits per heavy atom. The van der Waals surface area contributed by atoms with Crippen molar-refractivity contribution in [2.24, 2.45) is 5.73 Å². The van der Waals surface area contributed by atoms with Crippen LogP contribution in [0.4, 0.5) is 5.95 Å². The Hall–Kier alpha value is -1.43. The third kappa shape index (κ3) is 2.34. The third-order valence-corrected chi connectivity index (χ3v) is 1.04. The van der Waals surface area contributed by atoms with Gasteiger partial charge < -0.3 is 5.73 Å². The number of carbonyl (C=O) groups is 1. The standard InChI is InChI=1S/C5H9N5O/c6-2-1-4(11)9-5-7-3-8-10-5/h3H,1-2,6H2,(H2,7,8,9,10,11). The highest BCUT2D eigenvalue weighted by Gasteiger charge is 2.01. The Morgan fingerprint density at radius 3 is 3.18 bits per heavy atom. The second kappa shape index (κ2) is 3.67. The summed E-state index contributed by atoms with van der Waals surface area (Å²) in [5.41, 5.74) is 5.15. The fraction of sp³-hybridized carbons (Fsp3) is 0.400. The zero-order chi connectivity index (χ0) is 8.10. The molecule has 1 aromatic heterocycles. The maximum atomic E-state index is 10.8. The van der Waals surface area contributed by atoms with Gasteiger partial charge in [0.1, 0.15) is 6.33 Å². The number of H-pyrrole nitrogens is 1. The van der Waals surface area contributed by atoms with E-state index in [1.165, 1.54) is 6.33 Å². The van der Waals surface area contributed by atoms with E-state index in [0.29, 0.717) is 6.54 Å². The molecule has 0 unspecified atom stereocenters. The van der Waals surface area contributed by atoms with Crippen molar-refractivity contribution >= 4 is 11.9 Å². The minimum absolute atomic E-state index is 0.174. The van der Waals surface area contributed by atoms with Gasteiger partial charge in [-0.1, -0.05) is 0 Å². The van der Waals surface area contributed by atoms with E-state index in [9.17, 15) is 4.79 Å². The molecule has 60 valence electrons. The van der Waals surface area contributed by atoms with Crippen molar-refractivity contribution in [3.63, 3.8) is 0 Å². The maximum Gasteiger partial charge on any atom is 0.248 e. The topological polar surface area (TPSA) is 96.7 Å². The van der Waals surface area contributed by atoms with E-state index in [2.05, 4.69) is 20.5 Å². The summed E-state index contributed by atoms with van der Waals surface area (Å²) in [4.78, 5) is 14.5. The molecule has 1 heterocycles. The summed E-state index contributed by atoms with van der Waals surface area (Å²) >= 11 is 0. The maximum absolute atomic E-state index is 10.8. The highest BCUT2D eigenvalue weighted by atomic mass is 16.1. The van der Waals surface area contributed by atoms with Crippen LogP contribution in [0.2, 0.25) is 0 Å². The highest BCUT2D eigenvalue weighted by molar-refractivity contribution is 5.88. The SMILES string of the molecule is NCCC(=O)Nc1nc[nH]n1. The van der Waals surface area contributed by atoms with Crippen LogP contribution in [0.15, 0.2) is 6.33 Å². The number of hydrogen-bond acceptors (Lipinski definition) is 4. The molecule has 0 saturated heterocycles. The molecule has 0 aromatic carbocycles. The first-order chi connectivity index (χ1) is 5.33. The predicted octanol–water partition coefficient (Wildman–Crippen LogP) is -0.908. The third-order valence-electron chi connectivity index (χ3n) is 1.04. The van der Waals surface area contributed by atoms with Crippen molar-refractivity contribution in [2.75, 3.05) is 11.9 Å². The second-order valence-electron chi connectivity index (χ2n) is 1.91. The molecule has 0 aliphatic heterocycles. The minimum atomic E-state index is -0.174. The first-order valence-corrected chi connectivity index (χ1v) is 3.18. The van der Waals surface area contributed by atoms with Crippen molar-refractivity contribution in [3.8, 4) is 0 Å².